The van der Waals surface area contributed by atoms with Gasteiger partial charge in [0.05, 0.1) is 11.2 Å². The fourth-order valence-electron chi connectivity index (χ4n) is 1.27. The molecular weight excluding hydrogens is 256 g/mol. The molecule has 1 N–H and O–H groups in total. The Bertz CT molecular complexity index is 558. The van der Waals surface area contributed by atoms with Crippen LogP contribution in [0.3, 0.4) is 0 Å². The zero-order valence-electron chi connectivity index (χ0n) is 9.21. The lowest BCUT2D eigenvalue weighted by Gasteiger charge is -2.06. The van der Waals surface area contributed by atoms with Gasteiger partial charge in [0.25, 0.3) is 0 Å². The maximum absolute atomic E-state index is 10.6. The molecule has 5 nitrogen and oxygen atoms in total. The molecule has 0 atom stereocenters. The third kappa shape index (κ3) is 2.95. The monoisotopic (exact) mass is 264 g/mol. The lowest BCUT2D eigenvalue weighted by molar-refractivity contribution is 0.0690. The van der Waals surface area contributed by atoms with Gasteiger partial charge in [-0.2, -0.15) is 0 Å². The second-order valence-electron chi connectivity index (χ2n) is 3.44. The van der Waals surface area contributed by atoms with Gasteiger partial charge < -0.3 is 9.84 Å². The summed E-state index contributed by atoms with van der Waals surface area (Å²) in [6.07, 6.45) is 4.51. The number of carboxylic acid groups (broad SMARTS) is 1. The van der Waals surface area contributed by atoms with Crippen molar-refractivity contribution in [2.45, 2.75) is 6.61 Å². The van der Waals surface area contributed by atoms with Crippen molar-refractivity contribution in [1.29, 1.82) is 0 Å². The topological polar surface area (TPSA) is 72.3 Å². The molecule has 0 saturated heterocycles. The Balaban J connectivity index is 2.02. The summed E-state index contributed by atoms with van der Waals surface area (Å²) in [5, 5.41) is 9.21. The van der Waals surface area contributed by atoms with Crippen LogP contribution in [0.5, 0.6) is 5.75 Å². The second kappa shape index (κ2) is 5.46. The van der Waals surface area contributed by atoms with E-state index in [1.165, 1.54) is 18.5 Å². The Morgan fingerprint density at radius 1 is 1.33 bits per heavy atom. The molecule has 92 valence electrons. The van der Waals surface area contributed by atoms with Crippen LogP contribution in [0.2, 0.25) is 5.02 Å². The summed E-state index contributed by atoms with van der Waals surface area (Å²) in [4.78, 5) is 18.2. The fourth-order valence-corrected chi connectivity index (χ4v) is 1.45. The Morgan fingerprint density at radius 3 is 2.78 bits per heavy atom. The zero-order valence-corrected chi connectivity index (χ0v) is 9.96. The van der Waals surface area contributed by atoms with Crippen LogP contribution >= 0.6 is 11.6 Å². The number of aromatic nitrogens is 2. The van der Waals surface area contributed by atoms with Crippen molar-refractivity contribution < 1.29 is 14.6 Å². The molecule has 18 heavy (non-hydrogen) atoms. The molecule has 2 aromatic rings. The predicted octanol–water partition coefficient (Wildman–Crippen LogP) is 2.41. The van der Waals surface area contributed by atoms with Gasteiger partial charge in [0.15, 0.2) is 0 Å². The van der Waals surface area contributed by atoms with Gasteiger partial charge in [0.1, 0.15) is 18.1 Å². The van der Waals surface area contributed by atoms with Crippen molar-refractivity contribution in [3.8, 4) is 5.75 Å². The standard InChI is InChI=1S/C12H9ClN2O3/c13-10-6-14-4-3-8(10)7-18-9-1-2-11(12(16)17)15-5-9/h1-6H,7H2,(H,16,17). The normalized spacial score (nSPS) is 10.1. The first-order valence-electron chi connectivity index (χ1n) is 5.07. The summed E-state index contributed by atoms with van der Waals surface area (Å²) in [6, 6.07) is 4.68. The van der Waals surface area contributed by atoms with Gasteiger partial charge in [-0.3, -0.25) is 4.98 Å². The molecule has 0 aliphatic heterocycles. The Morgan fingerprint density at radius 2 is 2.17 bits per heavy atom. The van der Waals surface area contributed by atoms with Crippen LogP contribution in [0.4, 0.5) is 0 Å². The molecule has 0 unspecified atom stereocenters. The van der Waals surface area contributed by atoms with Crippen molar-refractivity contribution in [3.05, 3.63) is 53.1 Å². The molecule has 0 spiro atoms. The van der Waals surface area contributed by atoms with Crippen molar-refractivity contribution >= 4 is 17.6 Å². The molecule has 0 aromatic carbocycles. The number of hydrogen-bond donors (Lipinski definition) is 1. The van der Waals surface area contributed by atoms with E-state index in [1.807, 2.05) is 0 Å². The van der Waals surface area contributed by atoms with E-state index in [1.54, 1.807) is 18.3 Å². The van der Waals surface area contributed by atoms with Gasteiger partial charge in [0.2, 0.25) is 0 Å². The fraction of sp³-hybridized carbons (Fsp3) is 0.0833. The minimum Gasteiger partial charge on any atom is -0.487 e. The third-order valence-electron chi connectivity index (χ3n) is 2.21. The summed E-state index contributed by atoms with van der Waals surface area (Å²) >= 11 is 5.92. The first kappa shape index (κ1) is 12.3. The number of aromatic carboxylic acids is 1. The Labute approximate surface area is 108 Å². The summed E-state index contributed by atoms with van der Waals surface area (Å²) in [5.41, 5.74) is 0.776. The molecule has 6 heteroatoms. The summed E-state index contributed by atoms with van der Waals surface area (Å²) in [6.45, 7) is 0.273. The summed E-state index contributed by atoms with van der Waals surface area (Å²) < 4.78 is 5.44. The SMILES string of the molecule is O=C(O)c1ccc(OCc2ccncc2Cl)cn1. The molecule has 0 bridgehead atoms. The molecule has 0 aliphatic rings. The highest BCUT2D eigenvalue weighted by molar-refractivity contribution is 6.31. The first-order chi connectivity index (χ1) is 8.66. The zero-order chi connectivity index (χ0) is 13.0. The number of hydrogen-bond acceptors (Lipinski definition) is 4. The van der Waals surface area contributed by atoms with Crippen LogP contribution < -0.4 is 4.74 Å². The summed E-state index contributed by atoms with van der Waals surface area (Å²) in [7, 11) is 0. The van der Waals surface area contributed by atoms with Gasteiger partial charge in [-0.1, -0.05) is 11.6 Å². The molecule has 2 heterocycles. The van der Waals surface area contributed by atoms with Crippen molar-refractivity contribution in [1.82, 2.24) is 9.97 Å². The van der Waals surface area contributed by atoms with Gasteiger partial charge in [-0.25, -0.2) is 9.78 Å². The van der Waals surface area contributed by atoms with Crippen LogP contribution in [0.25, 0.3) is 0 Å². The van der Waals surface area contributed by atoms with E-state index in [-0.39, 0.29) is 12.3 Å². The number of pyridine rings is 2. The van der Waals surface area contributed by atoms with Gasteiger partial charge in [0, 0.05) is 18.0 Å². The van der Waals surface area contributed by atoms with E-state index in [4.69, 9.17) is 21.4 Å². The maximum atomic E-state index is 10.6. The van der Waals surface area contributed by atoms with E-state index in [9.17, 15) is 4.79 Å². The number of halogens is 1. The first-order valence-corrected chi connectivity index (χ1v) is 5.45. The van der Waals surface area contributed by atoms with Crippen molar-refractivity contribution in [2.24, 2.45) is 0 Å². The average molecular weight is 265 g/mol. The molecule has 0 saturated carbocycles. The summed E-state index contributed by atoms with van der Waals surface area (Å²) in [5.74, 6) is -0.591. The number of ether oxygens (including phenoxy) is 1. The van der Waals surface area contributed by atoms with Gasteiger partial charge >= 0.3 is 5.97 Å². The lowest BCUT2D eigenvalue weighted by Crippen LogP contribution is -2.01. The lowest BCUT2D eigenvalue weighted by atomic mass is 10.3. The second-order valence-corrected chi connectivity index (χ2v) is 3.85. The van der Waals surface area contributed by atoms with Gasteiger partial charge in [-0.15, -0.1) is 0 Å². The smallest absolute Gasteiger partial charge is 0.354 e. The predicted molar refractivity (Wildman–Crippen MR) is 64.8 cm³/mol. The molecule has 0 radical (unpaired) electrons. The van der Waals surface area contributed by atoms with E-state index >= 15 is 0 Å². The molecule has 0 aliphatic carbocycles. The van der Waals surface area contributed by atoms with Crippen molar-refractivity contribution in [2.75, 3.05) is 0 Å². The Hall–Kier alpha value is -2.14. The third-order valence-corrected chi connectivity index (χ3v) is 2.55. The molecule has 2 aromatic heterocycles. The molecule has 2 rings (SSSR count). The Kier molecular flexibility index (Phi) is 3.74. The van der Waals surface area contributed by atoms with Crippen LogP contribution in [0.1, 0.15) is 16.1 Å². The minimum absolute atomic E-state index is 0.0238. The maximum Gasteiger partial charge on any atom is 0.354 e. The van der Waals surface area contributed by atoms with E-state index in [0.29, 0.717) is 10.8 Å². The number of carboxylic acids is 1. The number of nitrogens with zero attached hydrogens (tertiary/aromatic N) is 2. The van der Waals surface area contributed by atoms with Crippen LogP contribution in [0.15, 0.2) is 36.8 Å². The number of rotatable bonds is 4. The quantitative estimate of drug-likeness (QED) is 0.918. The molecular formula is C12H9ClN2O3. The van der Waals surface area contributed by atoms with Crippen LogP contribution in [0, 0.1) is 0 Å². The minimum atomic E-state index is -1.07. The number of carbonyl (C=O) groups is 1. The van der Waals surface area contributed by atoms with Crippen LogP contribution in [-0.2, 0) is 6.61 Å². The van der Waals surface area contributed by atoms with Gasteiger partial charge in [-0.05, 0) is 18.2 Å². The highest BCUT2D eigenvalue weighted by Crippen LogP contribution is 2.17. The molecule has 0 amide bonds. The van der Waals surface area contributed by atoms with E-state index in [2.05, 4.69) is 9.97 Å². The van der Waals surface area contributed by atoms with Crippen LogP contribution in [-0.4, -0.2) is 21.0 Å². The highest BCUT2D eigenvalue weighted by atomic mass is 35.5. The molecule has 0 fully saturated rings. The average Bonchev–Trinajstić information content (AvgIpc) is 2.38. The van der Waals surface area contributed by atoms with Crippen molar-refractivity contribution in [3.63, 3.8) is 0 Å². The van der Waals surface area contributed by atoms with E-state index < -0.39 is 5.97 Å². The van der Waals surface area contributed by atoms with E-state index in [0.717, 1.165) is 5.56 Å². The largest absolute Gasteiger partial charge is 0.487 e. The highest BCUT2D eigenvalue weighted by Gasteiger charge is 2.05.